The molecular formula is C19H23NO. The smallest absolute Gasteiger partial charge is 0.0895 e. The molecule has 21 heavy (non-hydrogen) atoms. The molecule has 0 heterocycles. The second-order valence-corrected chi connectivity index (χ2v) is 7.37. The highest BCUT2D eigenvalue weighted by atomic mass is 16.3. The minimum atomic E-state index is -0.767. The molecule has 0 aliphatic heterocycles. The van der Waals surface area contributed by atoms with E-state index in [1.54, 1.807) is 0 Å². The lowest BCUT2D eigenvalue weighted by molar-refractivity contribution is -0.113. The van der Waals surface area contributed by atoms with Crippen LogP contribution in [0.4, 0.5) is 0 Å². The number of hydrogen-bond donors (Lipinski definition) is 1. The average molecular weight is 281 g/mol. The van der Waals surface area contributed by atoms with Gasteiger partial charge in [0.15, 0.2) is 0 Å². The van der Waals surface area contributed by atoms with Gasteiger partial charge in [-0.2, -0.15) is 5.26 Å². The SMILES string of the molecule is N#CC1(C2(O)C3CCC2Cc2ccccc2C3)CCCC1. The van der Waals surface area contributed by atoms with Gasteiger partial charge in [0.25, 0.3) is 0 Å². The third-order valence-corrected chi connectivity index (χ3v) is 6.60. The Balaban J connectivity index is 1.80. The van der Waals surface area contributed by atoms with E-state index in [4.69, 9.17) is 0 Å². The van der Waals surface area contributed by atoms with E-state index in [9.17, 15) is 10.4 Å². The fourth-order valence-electron chi connectivity index (χ4n) is 5.54. The quantitative estimate of drug-likeness (QED) is 0.854. The lowest BCUT2D eigenvalue weighted by atomic mass is 9.62. The van der Waals surface area contributed by atoms with Crippen molar-refractivity contribution in [3.63, 3.8) is 0 Å². The third-order valence-electron chi connectivity index (χ3n) is 6.60. The van der Waals surface area contributed by atoms with Crippen LogP contribution in [0.2, 0.25) is 0 Å². The number of hydrogen-bond acceptors (Lipinski definition) is 2. The first-order valence-electron chi connectivity index (χ1n) is 8.40. The fourth-order valence-corrected chi connectivity index (χ4v) is 5.54. The van der Waals surface area contributed by atoms with Crippen LogP contribution in [0.15, 0.2) is 24.3 Å². The van der Waals surface area contributed by atoms with Crippen molar-refractivity contribution in [2.24, 2.45) is 17.3 Å². The molecule has 2 fully saturated rings. The molecule has 0 aromatic heterocycles. The Kier molecular flexibility index (Phi) is 2.91. The summed E-state index contributed by atoms with van der Waals surface area (Å²) in [6, 6.07) is 11.2. The Labute approximate surface area is 126 Å². The van der Waals surface area contributed by atoms with E-state index < -0.39 is 11.0 Å². The minimum Gasteiger partial charge on any atom is -0.388 e. The van der Waals surface area contributed by atoms with Gasteiger partial charge in [0.1, 0.15) is 0 Å². The summed E-state index contributed by atoms with van der Waals surface area (Å²) in [4.78, 5) is 0. The zero-order valence-electron chi connectivity index (χ0n) is 12.5. The maximum atomic E-state index is 11.8. The molecule has 2 atom stereocenters. The normalized spacial score (nSPS) is 36.8. The molecule has 2 unspecified atom stereocenters. The number of nitrogens with zero attached hydrogens (tertiary/aromatic N) is 1. The summed E-state index contributed by atoms with van der Waals surface area (Å²) in [6.45, 7) is 0. The highest BCUT2D eigenvalue weighted by molar-refractivity contribution is 5.34. The molecule has 0 spiro atoms. The van der Waals surface area contributed by atoms with Crippen LogP contribution in [-0.2, 0) is 12.8 Å². The summed E-state index contributed by atoms with van der Waals surface area (Å²) < 4.78 is 0. The maximum Gasteiger partial charge on any atom is 0.0895 e. The fraction of sp³-hybridized carbons (Fsp3) is 0.632. The van der Waals surface area contributed by atoms with Crippen molar-refractivity contribution < 1.29 is 5.11 Å². The lowest BCUT2D eigenvalue weighted by Gasteiger charge is -2.45. The van der Waals surface area contributed by atoms with Gasteiger partial charge in [-0.15, -0.1) is 0 Å². The number of rotatable bonds is 1. The summed E-state index contributed by atoms with van der Waals surface area (Å²) in [7, 11) is 0. The van der Waals surface area contributed by atoms with E-state index in [1.165, 1.54) is 11.1 Å². The van der Waals surface area contributed by atoms with Gasteiger partial charge in [-0.25, -0.2) is 0 Å². The first-order chi connectivity index (χ1) is 10.2. The van der Waals surface area contributed by atoms with Crippen molar-refractivity contribution in [2.75, 3.05) is 0 Å². The zero-order valence-corrected chi connectivity index (χ0v) is 12.5. The van der Waals surface area contributed by atoms with Gasteiger partial charge in [0.05, 0.1) is 17.1 Å². The third kappa shape index (κ3) is 1.67. The summed E-state index contributed by atoms with van der Waals surface area (Å²) >= 11 is 0. The van der Waals surface area contributed by atoms with Gasteiger partial charge >= 0.3 is 0 Å². The van der Waals surface area contributed by atoms with Gasteiger partial charge in [0.2, 0.25) is 0 Å². The second kappa shape index (κ2) is 4.58. The van der Waals surface area contributed by atoms with Gasteiger partial charge in [-0.05, 0) is 61.5 Å². The van der Waals surface area contributed by atoms with E-state index in [-0.39, 0.29) is 11.8 Å². The molecule has 1 aromatic carbocycles. The van der Waals surface area contributed by atoms with E-state index >= 15 is 0 Å². The number of fused-ring (bicyclic) bond motifs is 3. The van der Waals surface area contributed by atoms with Gasteiger partial charge < -0.3 is 5.11 Å². The summed E-state index contributed by atoms with van der Waals surface area (Å²) in [5.41, 5.74) is 1.54. The highest BCUT2D eigenvalue weighted by Crippen LogP contribution is 2.60. The lowest BCUT2D eigenvalue weighted by Crippen LogP contribution is -2.53. The van der Waals surface area contributed by atoms with Crippen molar-refractivity contribution in [3.8, 4) is 6.07 Å². The number of nitriles is 1. The average Bonchev–Trinajstić information content (AvgIpc) is 3.05. The van der Waals surface area contributed by atoms with Crippen LogP contribution in [0, 0.1) is 28.6 Å². The summed E-state index contributed by atoms with van der Waals surface area (Å²) in [5.74, 6) is 0.535. The minimum absolute atomic E-state index is 0.267. The molecular weight excluding hydrogens is 258 g/mol. The predicted octanol–water partition coefficient (Wildman–Crippen LogP) is 3.63. The monoisotopic (exact) mass is 281 g/mol. The molecule has 4 rings (SSSR count). The Morgan fingerprint density at radius 2 is 1.52 bits per heavy atom. The Morgan fingerprint density at radius 3 is 2.00 bits per heavy atom. The van der Waals surface area contributed by atoms with Crippen LogP contribution in [0.3, 0.4) is 0 Å². The molecule has 0 saturated heterocycles. The molecule has 0 amide bonds. The number of aliphatic hydroxyl groups is 1. The topological polar surface area (TPSA) is 44.0 Å². The molecule has 1 N–H and O–H groups in total. The zero-order chi connectivity index (χ0) is 14.5. The Morgan fingerprint density at radius 1 is 1.00 bits per heavy atom. The van der Waals surface area contributed by atoms with Gasteiger partial charge in [0, 0.05) is 0 Å². The standard InChI is InChI=1S/C19H23NO/c20-13-18(9-3-4-10-18)19(21)16-7-8-17(19)12-15-6-2-1-5-14(15)11-16/h1-2,5-6,16-17,21H,3-4,7-12H2. The molecule has 2 bridgehead atoms. The molecule has 110 valence electrons. The van der Waals surface area contributed by atoms with Crippen molar-refractivity contribution in [1.82, 2.24) is 0 Å². The molecule has 3 aliphatic carbocycles. The largest absolute Gasteiger partial charge is 0.388 e. The maximum absolute atomic E-state index is 11.8. The molecule has 2 heteroatoms. The van der Waals surface area contributed by atoms with Crippen LogP contribution in [0.25, 0.3) is 0 Å². The van der Waals surface area contributed by atoms with Crippen LogP contribution >= 0.6 is 0 Å². The van der Waals surface area contributed by atoms with Crippen molar-refractivity contribution in [3.05, 3.63) is 35.4 Å². The van der Waals surface area contributed by atoms with E-state index in [0.717, 1.165) is 51.4 Å². The molecule has 2 saturated carbocycles. The Bertz CT molecular complexity index is 561. The predicted molar refractivity (Wildman–Crippen MR) is 81.5 cm³/mol. The summed E-state index contributed by atoms with van der Waals surface area (Å²) in [6.07, 6.45) is 8.05. The molecule has 0 radical (unpaired) electrons. The van der Waals surface area contributed by atoms with Crippen molar-refractivity contribution >= 4 is 0 Å². The van der Waals surface area contributed by atoms with Gasteiger partial charge in [-0.3, -0.25) is 0 Å². The van der Waals surface area contributed by atoms with Gasteiger partial charge in [-0.1, -0.05) is 37.1 Å². The molecule has 1 aromatic rings. The van der Waals surface area contributed by atoms with Crippen LogP contribution in [-0.4, -0.2) is 10.7 Å². The molecule has 3 aliphatic rings. The first-order valence-corrected chi connectivity index (χ1v) is 8.40. The summed E-state index contributed by atoms with van der Waals surface area (Å²) in [5, 5.41) is 21.6. The van der Waals surface area contributed by atoms with E-state index in [1.807, 2.05) is 0 Å². The van der Waals surface area contributed by atoms with E-state index in [2.05, 4.69) is 30.3 Å². The van der Waals surface area contributed by atoms with E-state index in [0.29, 0.717) is 0 Å². The Hall–Kier alpha value is -1.33. The first kappa shape index (κ1) is 13.3. The van der Waals surface area contributed by atoms with Crippen LogP contribution in [0.1, 0.15) is 49.7 Å². The van der Waals surface area contributed by atoms with Crippen LogP contribution < -0.4 is 0 Å². The van der Waals surface area contributed by atoms with Crippen molar-refractivity contribution in [2.45, 2.75) is 57.0 Å². The number of benzene rings is 1. The van der Waals surface area contributed by atoms with Crippen LogP contribution in [0.5, 0.6) is 0 Å². The molecule has 2 nitrogen and oxygen atoms in total. The highest BCUT2D eigenvalue weighted by Gasteiger charge is 2.63. The second-order valence-electron chi connectivity index (χ2n) is 7.37. The van der Waals surface area contributed by atoms with Crippen molar-refractivity contribution in [1.29, 1.82) is 5.26 Å².